The molecule has 1 aliphatic heterocycles. The molecular formula is C12H21N3O. The molecule has 1 aromatic heterocycles. The fourth-order valence-electron chi connectivity index (χ4n) is 2.52. The number of aromatic nitrogens is 1. The molecule has 2 heterocycles. The van der Waals surface area contributed by atoms with Crippen molar-refractivity contribution in [3.63, 3.8) is 0 Å². The number of hydrogen-bond acceptors (Lipinski definition) is 4. The van der Waals surface area contributed by atoms with Crippen LogP contribution in [0.2, 0.25) is 0 Å². The van der Waals surface area contributed by atoms with Crippen molar-refractivity contribution >= 4 is 0 Å². The smallest absolute Gasteiger partial charge is 0.138 e. The van der Waals surface area contributed by atoms with Gasteiger partial charge in [-0.1, -0.05) is 5.16 Å². The molecule has 4 nitrogen and oxygen atoms in total. The summed E-state index contributed by atoms with van der Waals surface area (Å²) < 4.78 is 5.25. The standard InChI is InChI=1S/C12H21N3O/c1-9-12(11(3)16-14-9)10(2)15-7-4-5-13-6-8-15/h10,13H,4-8H2,1-3H3. The summed E-state index contributed by atoms with van der Waals surface area (Å²) in [6, 6.07) is 0.408. The molecule has 0 spiro atoms. The van der Waals surface area contributed by atoms with Gasteiger partial charge in [0.2, 0.25) is 0 Å². The Labute approximate surface area is 97.0 Å². The lowest BCUT2D eigenvalue weighted by Crippen LogP contribution is -2.31. The van der Waals surface area contributed by atoms with Gasteiger partial charge in [0.25, 0.3) is 0 Å². The van der Waals surface area contributed by atoms with Crippen LogP contribution in [0.15, 0.2) is 4.52 Å². The highest BCUT2D eigenvalue weighted by Crippen LogP contribution is 2.26. The average Bonchev–Trinajstić information content (AvgIpc) is 2.51. The summed E-state index contributed by atoms with van der Waals surface area (Å²) >= 11 is 0. The molecule has 16 heavy (non-hydrogen) atoms. The minimum atomic E-state index is 0.408. The van der Waals surface area contributed by atoms with Gasteiger partial charge in [0.15, 0.2) is 0 Å². The Morgan fingerprint density at radius 2 is 2.12 bits per heavy atom. The summed E-state index contributed by atoms with van der Waals surface area (Å²) in [4.78, 5) is 2.51. The third kappa shape index (κ3) is 2.28. The predicted molar refractivity (Wildman–Crippen MR) is 63.5 cm³/mol. The number of nitrogens with one attached hydrogen (secondary N) is 1. The van der Waals surface area contributed by atoms with E-state index in [-0.39, 0.29) is 0 Å². The van der Waals surface area contributed by atoms with Crippen LogP contribution >= 0.6 is 0 Å². The van der Waals surface area contributed by atoms with Crippen molar-refractivity contribution in [2.75, 3.05) is 26.2 Å². The van der Waals surface area contributed by atoms with E-state index in [1.165, 1.54) is 12.0 Å². The molecule has 1 unspecified atom stereocenters. The van der Waals surface area contributed by atoms with Gasteiger partial charge in [-0.3, -0.25) is 4.90 Å². The first-order valence-corrected chi connectivity index (χ1v) is 6.07. The molecule has 0 aliphatic carbocycles. The van der Waals surface area contributed by atoms with Crippen molar-refractivity contribution in [2.45, 2.75) is 33.2 Å². The first kappa shape index (κ1) is 11.6. The summed E-state index contributed by atoms with van der Waals surface area (Å²) in [5, 5.41) is 7.46. The Kier molecular flexibility index (Phi) is 3.61. The Hall–Kier alpha value is -0.870. The molecule has 1 atom stereocenters. The molecule has 4 heteroatoms. The number of rotatable bonds is 2. The molecule has 1 aliphatic rings. The Morgan fingerprint density at radius 3 is 2.81 bits per heavy atom. The number of nitrogens with zero attached hydrogens (tertiary/aromatic N) is 2. The van der Waals surface area contributed by atoms with Gasteiger partial charge in [-0.15, -0.1) is 0 Å². The maximum Gasteiger partial charge on any atom is 0.138 e. The lowest BCUT2D eigenvalue weighted by atomic mass is 10.1. The summed E-state index contributed by atoms with van der Waals surface area (Å²) in [7, 11) is 0. The highest BCUT2D eigenvalue weighted by molar-refractivity contribution is 5.24. The number of hydrogen-bond donors (Lipinski definition) is 1. The Bertz CT molecular complexity index is 321. The highest BCUT2D eigenvalue weighted by Gasteiger charge is 2.22. The average molecular weight is 223 g/mol. The SMILES string of the molecule is Cc1noc(C)c1C(C)N1CCCNCC1. The molecule has 1 saturated heterocycles. The normalized spacial score (nSPS) is 20.7. The van der Waals surface area contributed by atoms with Crippen LogP contribution in [0.5, 0.6) is 0 Å². The Balaban J connectivity index is 2.14. The minimum Gasteiger partial charge on any atom is -0.361 e. The molecule has 0 bridgehead atoms. The third-order valence-corrected chi connectivity index (χ3v) is 3.43. The molecule has 0 amide bonds. The maximum absolute atomic E-state index is 5.25. The van der Waals surface area contributed by atoms with Gasteiger partial charge in [0.1, 0.15) is 5.76 Å². The van der Waals surface area contributed by atoms with Crippen molar-refractivity contribution < 1.29 is 4.52 Å². The van der Waals surface area contributed by atoms with Gasteiger partial charge in [0, 0.05) is 24.7 Å². The third-order valence-electron chi connectivity index (χ3n) is 3.43. The van der Waals surface area contributed by atoms with E-state index in [9.17, 15) is 0 Å². The molecule has 0 aromatic carbocycles. The van der Waals surface area contributed by atoms with Gasteiger partial charge in [-0.25, -0.2) is 0 Å². The zero-order chi connectivity index (χ0) is 11.5. The highest BCUT2D eigenvalue weighted by atomic mass is 16.5. The van der Waals surface area contributed by atoms with E-state index in [0.29, 0.717) is 6.04 Å². The molecule has 0 radical (unpaired) electrons. The van der Waals surface area contributed by atoms with E-state index in [4.69, 9.17) is 4.52 Å². The van der Waals surface area contributed by atoms with Crippen LogP contribution in [0.25, 0.3) is 0 Å². The molecule has 0 saturated carbocycles. The van der Waals surface area contributed by atoms with Gasteiger partial charge in [-0.2, -0.15) is 0 Å². The summed E-state index contributed by atoms with van der Waals surface area (Å²) in [5.74, 6) is 0.960. The van der Waals surface area contributed by atoms with E-state index in [2.05, 4.69) is 22.3 Å². The second kappa shape index (κ2) is 4.97. The van der Waals surface area contributed by atoms with Crippen LogP contribution in [0, 0.1) is 13.8 Å². The van der Waals surface area contributed by atoms with Crippen molar-refractivity contribution in [2.24, 2.45) is 0 Å². The van der Waals surface area contributed by atoms with E-state index in [0.717, 1.165) is 37.6 Å². The van der Waals surface area contributed by atoms with E-state index >= 15 is 0 Å². The minimum absolute atomic E-state index is 0.408. The van der Waals surface area contributed by atoms with Gasteiger partial charge in [0.05, 0.1) is 5.69 Å². The molecule has 2 rings (SSSR count). The lowest BCUT2D eigenvalue weighted by Gasteiger charge is -2.27. The van der Waals surface area contributed by atoms with Crippen molar-refractivity contribution in [3.8, 4) is 0 Å². The zero-order valence-electron chi connectivity index (χ0n) is 10.4. The van der Waals surface area contributed by atoms with Crippen LogP contribution in [0.4, 0.5) is 0 Å². The van der Waals surface area contributed by atoms with Crippen molar-refractivity contribution in [1.82, 2.24) is 15.4 Å². The van der Waals surface area contributed by atoms with E-state index in [1.807, 2.05) is 13.8 Å². The fourth-order valence-corrected chi connectivity index (χ4v) is 2.52. The van der Waals surface area contributed by atoms with Crippen LogP contribution < -0.4 is 5.32 Å². The molecule has 1 fully saturated rings. The van der Waals surface area contributed by atoms with Gasteiger partial charge in [-0.05, 0) is 40.3 Å². The second-order valence-corrected chi connectivity index (χ2v) is 4.55. The molecular weight excluding hydrogens is 202 g/mol. The Morgan fingerprint density at radius 1 is 1.31 bits per heavy atom. The summed E-state index contributed by atoms with van der Waals surface area (Å²) in [5.41, 5.74) is 2.30. The first-order chi connectivity index (χ1) is 7.70. The van der Waals surface area contributed by atoms with Crippen molar-refractivity contribution in [3.05, 3.63) is 17.0 Å². The quantitative estimate of drug-likeness (QED) is 0.827. The fraction of sp³-hybridized carbons (Fsp3) is 0.750. The largest absolute Gasteiger partial charge is 0.361 e. The van der Waals surface area contributed by atoms with E-state index < -0.39 is 0 Å². The molecule has 1 aromatic rings. The molecule has 1 N–H and O–H groups in total. The molecule has 90 valence electrons. The zero-order valence-corrected chi connectivity index (χ0v) is 10.4. The second-order valence-electron chi connectivity index (χ2n) is 4.55. The van der Waals surface area contributed by atoms with Crippen molar-refractivity contribution in [1.29, 1.82) is 0 Å². The lowest BCUT2D eigenvalue weighted by molar-refractivity contribution is 0.223. The van der Waals surface area contributed by atoms with Gasteiger partial charge < -0.3 is 9.84 Å². The summed E-state index contributed by atoms with van der Waals surface area (Å²) in [6.07, 6.45) is 1.22. The maximum atomic E-state index is 5.25. The first-order valence-electron chi connectivity index (χ1n) is 6.07. The monoisotopic (exact) mass is 223 g/mol. The predicted octanol–water partition coefficient (Wildman–Crippen LogP) is 1.65. The van der Waals surface area contributed by atoms with Crippen LogP contribution in [-0.4, -0.2) is 36.2 Å². The van der Waals surface area contributed by atoms with Crippen LogP contribution in [0.1, 0.15) is 36.4 Å². The van der Waals surface area contributed by atoms with E-state index in [1.54, 1.807) is 0 Å². The van der Waals surface area contributed by atoms with Crippen LogP contribution in [0.3, 0.4) is 0 Å². The number of aryl methyl sites for hydroxylation is 2. The summed E-state index contributed by atoms with van der Waals surface area (Å²) in [6.45, 7) is 10.7. The van der Waals surface area contributed by atoms with Gasteiger partial charge >= 0.3 is 0 Å². The van der Waals surface area contributed by atoms with Crippen LogP contribution in [-0.2, 0) is 0 Å². The topological polar surface area (TPSA) is 41.3 Å².